The fourth-order valence-corrected chi connectivity index (χ4v) is 3.22. The van der Waals surface area contributed by atoms with Gasteiger partial charge in [0, 0.05) is 17.7 Å². The van der Waals surface area contributed by atoms with Gasteiger partial charge < -0.3 is 10.2 Å². The Balaban J connectivity index is 2.85. The molecule has 0 atom stereocenters. The minimum atomic E-state index is -0.823. The van der Waals surface area contributed by atoms with Crippen molar-refractivity contribution < 1.29 is 15.4 Å². The van der Waals surface area contributed by atoms with Crippen molar-refractivity contribution in [3.8, 4) is 0 Å². The number of aliphatic hydroxyl groups is 2. The molecule has 0 aliphatic carbocycles. The highest BCUT2D eigenvalue weighted by Gasteiger charge is 2.51. The second-order valence-electron chi connectivity index (χ2n) is 6.32. The van der Waals surface area contributed by atoms with Gasteiger partial charge in [-0.25, -0.2) is 0 Å². The molecule has 1 heterocycles. The number of hydrogen-bond donors (Lipinski definition) is 2. The van der Waals surface area contributed by atoms with Gasteiger partial charge in [-0.05, 0) is 53.4 Å². The van der Waals surface area contributed by atoms with E-state index < -0.39 is 16.7 Å². The topological polar surface area (TPSA) is 63.6 Å². The van der Waals surface area contributed by atoms with E-state index in [1.807, 2.05) is 27.7 Å². The first-order valence-electron chi connectivity index (χ1n) is 5.94. The van der Waals surface area contributed by atoms with Crippen molar-refractivity contribution in [2.75, 3.05) is 6.61 Å². The van der Waals surface area contributed by atoms with Gasteiger partial charge in [-0.3, -0.25) is 0 Å². The van der Waals surface area contributed by atoms with E-state index in [2.05, 4.69) is 0 Å². The van der Waals surface area contributed by atoms with Crippen LogP contribution in [0, 0.1) is 0 Å². The standard InChI is InChI=1S/C12H24NO3/c1-10(2)8-12(15,6-5-7-14)9-11(3,4)13(10)16/h14-15H,5-9H2,1-4H3. The van der Waals surface area contributed by atoms with Crippen LogP contribution in [0.4, 0.5) is 0 Å². The summed E-state index contributed by atoms with van der Waals surface area (Å²) in [5.74, 6) is 0. The molecule has 0 aromatic heterocycles. The zero-order chi connectivity index (χ0) is 12.6. The Kier molecular flexibility index (Phi) is 3.70. The molecule has 4 nitrogen and oxygen atoms in total. The van der Waals surface area contributed by atoms with E-state index in [-0.39, 0.29) is 6.61 Å². The lowest BCUT2D eigenvalue weighted by atomic mass is 9.71. The van der Waals surface area contributed by atoms with Gasteiger partial charge in [0.15, 0.2) is 0 Å². The van der Waals surface area contributed by atoms with Gasteiger partial charge in [0.25, 0.3) is 0 Å². The highest BCUT2D eigenvalue weighted by molar-refractivity contribution is 5.03. The second-order valence-corrected chi connectivity index (χ2v) is 6.32. The van der Waals surface area contributed by atoms with Crippen molar-refractivity contribution in [2.45, 2.75) is 70.1 Å². The molecule has 0 saturated carbocycles. The van der Waals surface area contributed by atoms with Crippen LogP contribution in [0.3, 0.4) is 0 Å². The number of piperidine rings is 1. The molecule has 0 spiro atoms. The van der Waals surface area contributed by atoms with E-state index in [4.69, 9.17) is 5.11 Å². The number of nitrogens with zero attached hydrogens (tertiary/aromatic N) is 1. The van der Waals surface area contributed by atoms with Crippen LogP contribution in [0.15, 0.2) is 0 Å². The molecule has 1 radical (unpaired) electrons. The van der Waals surface area contributed by atoms with Crippen molar-refractivity contribution in [3.05, 3.63) is 0 Å². The molecule has 1 aliphatic rings. The number of hydroxylamine groups is 2. The first-order valence-corrected chi connectivity index (χ1v) is 5.94. The molecule has 0 aromatic rings. The summed E-state index contributed by atoms with van der Waals surface area (Å²) < 4.78 is 0. The molecule has 1 aliphatic heterocycles. The van der Waals surface area contributed by atoms with Crippen LogP contribution in [-0.4, -0.2) is 38.6 Å². The van der Waals surface area contributed by atoms with Gasteiger partial charge in [-0.2, -0.15) is 0 Å². The zero-order valence-corrected chi connectivity index (χ0v) is 10.8. The molecule has 0 bridgehead atoms. The Bertz CT molecular complexity index is 233. The molecule has 1 saturated heterocycles. The molecule has 1 fully saturated rings. The summed E-state index contributed by atoms with van der Waals surface area (Å²) in [6.07, 6.45) is 2.07. The predicted octanol–water partition coefficient (Wildman–Crippen LogP) is 1.49. The average Bonchev–Trinajstić information content (AvgIpc) is 2.10. The minimum absolute atomic E-state index is 0.0876. The Hall–Kier alpha value is -0.160. The third-order valence-electron chi connectivity index (χ3n) is 3.42. The van der Waals surface area contributed by atoms with Crippen molar-refractivity contribution in [1.82, 2.24) is 5.06 Å². The van der Waals surface area contributed by atoms with Gasteiger partial charge in [-0.15, -0.1) is 10.3 Å². The highest BCUT2D eigenvalue weighted by atomic mass is 16.5. The van der Waals surface area contributed by atoms with Crippen molar-refractivity contribution in [3.63, 3.8) is 0 Å². The van der Waals surface area contributed by atoms with Gasteiger partial charge in [0.1, 0.15) is 0 Å². The maximum atomic E-state index is 12.1. The van der Waals surface area contributed by atoms with E-state index in [0.29, 0.717) is 25.7 Å². The van der Waals surface area contributed by atoms with Crippen molar-refractivity contribution in [2.24, 2.45) is 0 Å². The lowest BCUT2D eigenvalue weighted by Gasteiger charge is -2.53. The fraction of sp³-hybridized carbons (Fsp3) is 1.00. The quantitative estimate of drug-likeness (QED) is 0.772. The number of hydrogen-bond acceptors (Lipinski definition) is 3. The molecule has 0 unspecified atom stereocenters. The summed E-state index contributed by atoms with van der Waals surface area (Å²) in [4.78, 5) is 0. The Morgan fingerprint density at radius 3 is 1.94 bits per heavy atom. The molecule has 1 rings (SSSR count). The molecule has 0 amide bonds. The summed E-state index contributed by atoms with van der Waals surface area (Å²) in [5, 5.41) is 32.5. The van der Waals surface area contributed by atoms with E-state index in [9.17, 15) is 10.3 Å². The predicted molar refractivity (Wildman–Crippen MR) is 61.2 cm³/mol. The molecule has 16 heavy (non-hydrogen) atoms. The number of rotatable bonds is 3. The molecular formula is C12H24NO3. The smallest absolute Gasteiger partial charge is 0.0685 e. The van der Waals surface area contributed by atoms with Crippen LogP contribution >= 0.6 is 0 Å². The van der Waals surface area contributed by atoms with Crippen LogP contribution in [0.2, 0.25) is 0 Å². The maximum Gasteiger partial charge on any atom is 0.0685 e. The Labute approximate surface area is 97.8 Å². The van der Waals surface area contributed by atoms with Crippen LogP contribution < -0.4 is 0 Å². The average molecular weight is 230 g/mol. The third kappa shape index (κ3) is 2.74. The number of aliphatic hydroxyl groups excluding tert-OH is 1. The van der Waals surface area contributed by atoms with Crippen LogP contribution in [-0.2, 0) is 5.21 Å². The lowest BCUT2D eigenvalue weighted by Crippen LogP contribution is -2.63. The SMILES string of the molecule is CC1(C)CC(O)(CCCO)CC(C)(C)N1[O]. The van der Waals surface area contributed by atoms with Gasteiger partial charge in [-0.1, -0.05) is 0 Å². The normalized spacial score (nSPS) is 27.9. The van der Waals surface area contributed by atoms with Gasteiger partial charge in [0.05, 0.1) is 5.60 Å². The Morgan fingerprint density at radius 1 is 1.12 bits per heavy atom. The van der Waals surface area contributed by atoms with E-state index in [0.717, 1.165) is 5.06 Å². The van der Waals surface area contributed by atoms with Crippen LogP contribution in [0.1, 0.15) is 53.4 Å². The third-order valence-corrected chi connectivity index (χ3v) is 3.42. The van der Waals surface area contributed by atoms with Crippen LogP contribution in [0.5, 0.6) is 0 Å². The van der Waals surface area contributed by atoms with E-state index in [1.54, 1.807) is 0 Å². The van der Waals surface area contributed by atoms with E-state index >= 15 is 0 Å². The second kappa shape index (κ2) is 4.26. The Morgan fingerprint density at radius 2 is 1.56 bits per heavy atom. The molecular weight excluding hydrogens is 206 g/mol. The monoisotopic (exact) mass is 230 g/mol. The van der Waals surface area contributed by atoms with Crippen molar-refractivity contribution >= 4 is 0 Å². The molecule has 4 heteroatoms. The van der Waals surface area contributed by atoms with Gasteiger partial charge in [0.2, 0.25) is 0 Å². The molecule has 0 aromatic carbocycles. The van der Waals surface area contributed by atoms with E-state index in [1.165, 1.54) is 0 Å². The summed E-state index contributed by atoms with van der Waals surface area (Å²) in [6.45, 7) is 7.55. The summed E-state index contributed by atoms with van der Waals surface area (Å²) in [7, 11) is 0. The summed E-state index contributed by atoms with van der Waals surface area (Å²) in [6, 6.07) is 0. The zero-order valence-electron chi connectivity index (χ0n) is 10.8. The maximum absolute atomic E-state index is 12.1. The molecule has 95 valence electrons. The van der Waals surface area contributed by atoms with Crippen LogP contribution in [0.25, 0.3) is 0 Å². The fourth-order valence-electron chi connectivity index (χ4n) is 3.22. The highest BCUT2D eigenvalue weighted by Crippen LogP contribution is 2.44. The summed E-state index contributed by atoms with van der Waals surface area (Å²) in [5.41, 5.74) is -1.92. The largest absolute Gasteiger partial charge is 0.396 e. The lowest BCUT2D eigenvalue weighted by molar-refractivity contribution is -0.312. The molecule has 2 N–H and O–H groups in total. The van der Waals surface area contributed by atoms with Crippen molar-refractivity contribution in [1.29, 1.82) is 0 Å². The summed E-state index contributed by atoms with van der Waals surface area (Å²) >= 11 is 0. The van der Waals surface area contributed by atoms with Gasteiger partial charge >= 0.3 is 0 Å². The minimum Gasteiger partial charge on any atom is -0.396 e. The first-order chi connectivity index (χ1) is 7.13. The first kappa shape index (κ1) is 13.9.